The van der Waals surface area contributed by atoms with Gasteiger partial charge in [-0.3, -0.25) is 4.79 Å². The lowest BCUT2D eigenvalue weighted by Gasteiger charge is -2.14. The maximum Gasteiger partial charge on any atom is 0.330 e. The fourth-order valence-electron chi connectivity index (χ4n) is 0.625. The summed E-state index contributed by atoms with van der Waals surface area (Å²) in [4.78, 5) is 21.8. The quantitative estimate of drug-likeness (QED) is 0.444. The summed E-state index contributed by atoms with van der Waals surface area (Å²) >= 11 is 0. The van der Waals surface area contributed by atoms with Crippen LogP contribution in [0, 0.1) is 0 Å². The zero-order chi connectivity index (χ0) is 10.4. The molecule has 0 rings (SSSR count). The number of aliphatic hydroxyl groups excluding tert-OH is 1. The summed E-state index contributed by atoms with van der Waals surface area (Å²) in [5, 5.41) is 10.9. The molecule has 0 saturated heterocycles. The molecule has 0 aromatic carbocycles. The number of nitrogens with one attached hydrogen (secondary N) is 1. The van der Waals surface area contributed by atoms with Gasteiger partial charge in [-0.15, -0.1) is 0 Å². The smallest absolute Gasteiger partial charge is 0.330 e. The Labute approximate surface area is 76.0 Å². The van der Waals surface area contributed by atoms with Gasteiger partial charge in [0.05, 0.1) is 19.8 Å². The molecule has 0 fully saturated rings. The molecule has 76 valence electrons. The second-order valence-corrected chi connectivity index (χ2v) is 2.56. The lowest BCUT2D eigenvalue weighted by Crippen LogP contribution is -2.49. The molecule has 0 aromatic heterocycles. The molecule has 0 bridgehead atoms. The summed E-state index contributed by atoms with van der Waals surface area (Å²) in [6.07, 6.45) is 0. The van der Waals surface area contributed by atoms with Crippen LogP contribution < -0.4 is 11.1 Å². The number of nitrogens with two attached hydrogens (primary N) is 1. The number of rotatable bonds is 4. The number of esters is 1. The van der Waals surface area contributed by atoms with Crippen molar-refractivity contribution in [2.75, 3.05) is 13.7 Å². The lowest BCUT2D eigenvalue weighted by atomic mass is 10.2. The van der Waals surface area contributed by atoms with Gasteiger partial charge in [0.2, 0.25) is 5.91 Å². The molecule has 0 aliphatic carbocycles. The molecule has 0 spiro atoms. The predicted octanol–water partition coefficient (Wildman–Crippen LogP) is -2.02. The molecule has 6 heteroatoms. The van der Waals surface area contributed by atoms with Gasteiger partial charge in [0.1, 0.15) is 0 Å². The molecular formula is C7H14N2O4. The van der Waals surface area contributed by atoms with E-state index in [1.165, 1.54) is 14.0 Å². The van der Waals surface area contributed by atoms with Crippen LogP contribution in [-0.2, 0) is 14.3 Å². The van der Waals surface area contributed by atoms with Crippen molar-refractivity contribution in [3.63, 3.8) is 0 Å². The van der Waals surface area contributed by atoms with Crippen molar-refractivity contribution in [3.8, 4) is 0 Å². The number of hydrogen-bond acceptors (Lipinski definition) is 5. The molecule has 0 saturated carbocycles. The Bertz CT molecular complexity index is 193. The summed E-state index contributed by atoms with van der Waals surface area (Å²) in [5.74, 6) is -1.21. The number of ether oxygens (including phenoxy) is 1. The number of carbonyl (C=O) groups is 2. The van der Waals surface area contributed by atoms with E-state index in [0.717, 1.165) is 0 Å². The third kappa shape index (κ3) is 3.86. The van der Waals surface area contributed by atoms with Gasteiger partial charge < -0.3 is 20.9 Å². The first-order valence-electron chi connectivity index (χ1n) is 3.77. The van der Waals surface area contributed by atoms with Crippen LogP contribution in [0.5, 0.6) is 0 Å². The molecule has 1 amide bonds. The van der Waals surface area contributed by atoms with Gasteiger partial charge in [0, 0.05) is 0 Å². The number of carbonyl (C=O) groups excluding carboxylic acids is 2. The standard InChI is InChI=1S/C7H14N2O4/c1-4(8)6(11)9-5(3-10)7(12)13-2/h4-5,10H,3,8H2,1-2H3,(H,9,11)/t4-,5?/m1/s1. The van der Waals surface area contributed by atoms with Gasteiger partial charge in [-0.25, -0.2) is 4.79 Å². The monoisotopic (exact) mass is 190 g/mol. The summed E-state index contributed by atoms with van der Waals surface area (Å²) in [6, 6.07) is -1.76. The zero-order valence-electron chi connectivity index (χ0n) is 7.61. The second-order valence-electron chi connectivity index (χ2n) is 2.56. The molecule has 4 N–H and O–H groups in total. The molecule has 0 aromatic rings. The topological polar surface area (TPSA) is 102 Å². The molecule has 0 heterocycles. The van der Waals surface area contributed by atoms with E-state index in [0.29, 0.717) is 0 Å². The summed E-state index contributed by atoms with van der Waals surface area (Å²) < 4.78 is 4.33. The average molecular weight is 190 g/mol. The molecule has 2 atom stereocenters. The third-order valence-corrected chi connectivity index (χ3v) is 1.40. The van der Waals surface area contributed by atoms with E-state index in [1.54, 1.807) is 0 Å². The van der Waals surface area contributed by atoms with E-state index >= 15 is 0 Å². The maximum absolute atomic E-state index is 11.0. The summed E-state index contributed by atoms with van der Waals surface area (Å²) in [5.41, 5.74) is 5.23. The first-order chi connectivity index (χ1) is 6.02. The van der Waals surface area contributed by atoms with Crippen LogP contribution >= 0.6 is 0 Å². The van der Waals surface area contributed by atoms with Gasteiger partial charge in [-0.1, -0.05) is 0 Å². The highest BCUT2D eigenvalue weighted by molar-refractivity contribution is 5.87. The van der Waals surface area contributed by atoms with Crippen LogP contribution in [0.15, 0.2) is 0 Å². The van der Waals surface area contributed by atoms with Crippen molar-refractivity contribution in [2.24, 2.45) is 5.73 Å². The Kier molecular flexibility index (Phi) is 5.01. The molecule has 0 aliphatic heterocycles. The van der Waals surface area contributed by atoms with Gasteiger partial charge in [0.15, 0.2) is 6.04 Å². The molecule has 1 unspecified atom stereocenters. The van der Waals surface area contributed by atoms with E-state index in [-0.39, 0.29) is 0 Å². The normalized spacial score (nSPS) is 14.5. The Hall–Kier alpha value is -1.14. The van der Waals surface area contributed by atoms with Gasteiger partial charge in [0.25, 0.3) is 0 Å². The molecule has 6 nitrogen and oxygen atoms in total. The Balaban J connectivity index is 4.13. The van der Waals surface area contributed by atoms with E-state index in [2.05, 4.69) is 10.1 Å². The fourth-order valence-corrected chi connectivity index (χ4v) is 0.625. The van der Waals surface area contributed by atoms with Gasteiger partial charge in [-0.05, 0) is 6.92 Å². The Morgan fingerprint density at radius 3 is 2.46 bits per heavy atom. The second kappa shape index (κ2) is 5.50. The minimum atomic E-state index is -1.04. The van der Waals surface area contributed by atoms with Crippen molar-refractivity contribution in [3.05, 3.63) is 0 Å². The number of methoxy groups -OCH3 is 1. The molecule has 0 aliphatic rings. The largest absolute Gasteiger partial charge is 0.467 e. The van der Waals surface area contributed by atoms with E-state index in [9.17, 15) is 9.59 Å². The van der Waals surface area contributed by atoms with Gasteiger partial charge >= 0.3 is 5.97 Å². The van der Waals surface area contributed by atoms with E-state index < -0.39 is 30.6 Å². The average Bonchev–Trinajstić information content (AvgIpc) is 2.12. The minimum Gasteiger partial charge on any atom is -0.467 e. The van der Waals surface area contributed by atoms with Crippen LogP contribution in [0.2, 0.25) is 0 Å². The van der Waals surface area contributed by atoms with Crippen LogP contribution in [0.4, 0.5) is 0 Å². The van der Waals surface area contributed by atoms with Crippen molar-refractivity contribution < 1.29 is 19.4 Å². The van der Waals surface area contributed by atoms with Crippen LogP contribution in [0.25, 0.3) is 0 Å². The highest BCUT2D eigenvalue weighted by Gasteiger charge is 2.21. The van der Waals surface area contributed by atoms with E-state index in [1.807, 2.05) is 0 Å². The molecule has 0 radical (unpaired) electrons. The number of aliphatic hydroxyl groups is 1. The predicted molar refractivity (Wildman–Crippen MR) is 44.7 cm³/mol. The van der Waals surface area contributed by atoms with Crippen molar-refractivity contribution in [1.82, 2.24) is 5.32 Å². The fraction of sp³-hybridized carbons (Fsp3) is 0.714. The highest BCUT2D eigenvalue weighted by Crippen LogP contribution is 1.87. The summed E-state index contributed by atoms with van der Waals surface area (Å²) in [7, 11) is 1.17. The SMILES string of the molecule is COC(=O)C(CO)NC(=O)[C@@H](C)N. The van der Waals surface area contributed by atoms with E-state index in [4.69, 9.17) is 10.8 Å². The highest BCUT2D eigenvalue weighted by atomic mass is 16.5. The van der Waals surface area contributed by atoms with Crippen LogP contribution in [0.1, 0.15) is 6.92 Å². The first kappa shape index (κ1) is 11.9. The van der Waals surface area contributed by atoms with Gasteiger partial charge in [-0.2, -0.15) is 0 Å². The Morgan fingerprint density at radius 1 is 1.62 bits per heavy atom. The Morgan fingerprint density at radius 2 is 2.15 bits per heavy atom. The number of hydrogen-bond donors (Lipinski definition) is 3. The van der Waals surface area contributed by atoms with Crippen LogP contribution in [0.3, 0.4) is 0 Å². The van der Waals surface area contributed by atoms with Crippen molar-refractivity contribution >= 4 is 11.9 Å². The first-order valence-corrected chi connectivity index (χ1v) is 3.77. The zero-order valence-corrected chi connectivity index (χ0v) is 7.61. The molecular weight excluding hydrogens is 176 g/mol. The van der Waals surface area contributed by atoms with Crippen molar-refractivity contribution in [1.29, 1.82) is 0 Å². The maximum atomic E-state index is 11.0. The summed E-state index contributed by atoms with van der Waals surface area (Å²) in [6.45, 7) is 0.964. The van der Waals surface area contributed by atoms with Crippen LogP contribution in [-0.4, -0.2) is 42.8 Å². The van der Waals surface area contributed by atoms with Crippen molar-refractivity contribution in [2.45, 2.75) is 19.0 Å². The third-order valence-electron chi connectivity index (χ3n) is 1.40. The minimum absolute atomic E-state index is 0.509. The lowest BCUT2D eigenvalue weighted by molar-refractivity contribution is -0.146. The molecule has 13 heavy (non-hydrogen) atoms. The number of amides is 1.